The van der Waals surface area contributed by atoms with E-state index in [9.17, 15) is 0 Å². The molecule has 1 N–H and O–H groups in total. The van der Waals surface area contributed by atoms with E-state index in [1.54, 1.807) is 0 Å². The van der Waals surface area contributed by atoms with E-state index in [0.717, 1.165) is 6.54 Å². The molecule has 0 unspecified atom stereocenters. The quantitative estimate of drug-likeness (QED) is 0.864. The molecule has 1 heteroatoms. The predicted octanol–water partition coefficient (Wildman–Crippen LogP) is 4.37. The molecule has 0 heterocycles. The van der Waals surface area contributed by atoms with E-state index in [1.807, 2.05) is 0 Å². The largest absolute Gasteiger partial charge is 0.306 e. The number of hydrogen-bond donors (Lipinski definition) is 1. The SMILES string of the molecule is C(=C\c1ccccc1)/CN[C@@H]1CCCc2ccccc21. The molecule has 2 aromatic carbocycles. The molecule has 2 aromatic rings. The van der Waals surface area contributed by atoms with Crippen LogP contribution in [0.5, 0.6) is 0 Å². The number of aryl methyl sites for hydroxylation is 1. The molecule has 0 saturated carbocycles. The molecule has 1 aliphatic carbocycles. The monoisotopic (exact) mass is 263 g/mol. The van der Waals surface area contributed by atoms with Gasteiger partial charge >= 0.3 is 0 Å². The molecule has 0 bridgehead atoms. The lowest BCUT2D eigenvalue weighted by Crippen LogP contribution is -2.25. The van der Waals surface area contributed by atoms with Crippen LogP contribution < -0.4 is 5.32 Å². The molecule has 0 aromatic heterocycles. The summed E-state index contributed by atoms with van der Waals surface area (Å²) in [6, 6.07) is 19.8. The van der Waals surface area contributed by atoms with Crippen molar-refractivity contribution in [3.8, 4) is 0 Å². The van der Waals surface area contributed by atoms with Gasteiger partial charge in [0, 0.05) is 12.6 Å². The summed E-state index contributed by atoms with van der Waals surface area (Å²) in [5.74, 6) is 0. The predicted molar refractivity (Wildman–Crippen MR) is 85.6 cm³/mol. The standard InChI is InChI=1S/C19H21N/c1-2-8-16(9-3-1)10-7-15-20-19-14-6-12-17-11-4-5-13-18(17)19/h1-5,7-11,13,19-20H,6,12,14-15H2/b10-7+/t19-/m1/s1. The Labute approximate surface area is 121 Å². The highest BCUT2D eigenvalue weighted by Gasteiger charge is 2.18. The lowest BCUT2D eigenvalue weighted by atomic mass is 9.88. The van der Waals surface area contributed by atoms with Gasteiger partial charge in [0.15, 0.2) is 0 Å². The van der Waals surface area contributed by atoms with E-state index in [1.165, 1.54) is 36.0 Å². The summed E-state index contributed by atoms with van der Waals surface area (Å²) in [7, 11) is 0. The molecule has 1 atom stereocenters. The van der Waals surface area contributed by atoms with Crippen molar-refractivity contribution in [3.63, 3.8) is 0 Å². The Morgan fingerprint density at radius 2 is 1.80 bits per heavy atom. The maximum atomic E-state index is 3.66. The van der Waals surface area contributed by atoms with Crippen molar-refractivity contribution in [2.45, 2.75) is 25.3 Å². The van der Waals surface area contributed by atoms with Crippen LogP contribution >= 0.6 is 0 Å². The first-order chi connectivity index (χ1) is 9.93. The van der Waals surface area contributed by atoms with Crippen LogP contribution in [0.3, 0.4) is 0 Å². The van der Waals surface area contributed by atoms with Gasteiger partial charge in [-0.2, -0.15) is 0 Å². The fourth-order valence-electron chi connectivity index (χ4n) is 2.94. The highest BCUT2D eigenvalue weighted by atomic mass is 14.9. The Hall–Kier alpha value is -1.86. The Balaban J connectivity index is 1.59. The molecule has 0 spiro atoms. The van der Waals surface area contributed by atoms with Crippen LogP contribution in [0.25, 0.3) is 6.08 Å². The molecule has 20 heavy (non-hydrogen) atoms. The molecule has 1 aliphatic rings. The van der Waals surface area contributed by atoms with Gasteiger partial charge in [0.25, 0.3) is 0 Å². The van der Waals surface area contributed by atoms with Crippen molar-refractivity contribution in [1.82, 2.24) is 5.32 Å². The summed E-state index contributed by atoms with van der Waals surface area (Å²) in [5.41, 5.74) is 4.27. The highest BCUT2D eigenvalue weighted by molar-refractivity contribution is 5.48. The van der Waals surface area contributed by atoms with Crippen molar-refractivity contribution < 1.29 is 0 Å². The molecular weight excluding hydrogens is 242 g/mol. The maximum absolute atomic E-state index is 3.66. The summed E-state index contributed by atoms with van der Waals surface area (Å²) < 4.78 is 0. The number of hydrogen-bond acceptors (Lipinski definition) is 1. The van der Waals surface area contributed by atoms with Gasteiger partial charge in [-0.25, -0.2) is 0 Å². The highest BCUT2D eigenvalue weighted by Crippen LogP contribution is 2.29. The minimum atomic E-state index is 0.514. The maximum Gasteiger partial charge on any atom is 0.0325 e. The van der Waals surface area contributed by atoms with E-state index in [-0.39, 0.29) is 0 Å². The van der Waals surface area contributed by atoms with Gasteiger partial charge in [-0.1, -0.05) is 66.7 Å². The molecule has 0 saturated heterocycles. The second-order valence-electron chi connectivity index (χ2n) is 5.36. The van der Waals surface area contributed by atoms with Gasteiger partial charge in [-0.15, -0.1) is 0 Å². The normalized spacial score (nSPS) is 18.1. The van der Waals surface area contributed by atoms with Crippen LogP contribution in [0.4, 0.5) is 0 Å². The van der Waals surface area contributed by atoms with Gasteiger partial charge in [-0.05, 0) is 36.0 Å². The summed E-state index contributed by atoms with van der Waals surface area (Å²) in [4.78, 5) is 0. The van der Waals surface area contributed by atoms with Crippen LogP contribution in [0.1, 0.15) is 35.6 Å². The lowest BCUT2D eigenvalue weighted by molar-refractivity contribution is 0.481. The zero-order valence-electron chi connectivity index (χ0n) is 11.8. The zero-order chi connectivity index (χ0) is 13.6. The molecule has 102 valence electrons. The van der Waals surface area contributed by atoms with Crippen molar-refractivity contribution in [2.75, 3.05) is 6.54 Å². The van der Waals surface area contributed by atoms with Crippen LogP contribution in [-0.4, -0.2) is 6.54 Å². The van der Waals surface area contributed by atoms with E-state index in [0.29, 0.717) is 6.04 Å². The Morgan fingerprint density at radius 1 is 1.00 bits per heavy atom. The van der Waals surface area contributed by atoms with Gasteiger partial charge in [-0.3, -0.25) is 0 Å². The van der Waals surface area contributed by atoms with E-state index < -0.39 is 0 Å². The Kier molecular flexibility index (Phi) is 4.29. The van der Waals surface area contributed by atoms with Crippen LogP contribution in [0.2, 0.25) is 0 Å². The van der Waals surface area contributed by atoms with Crippen molar-refractivity contribution in [1.29, 1.82) is 0 Å². The zero-order valence-corrected chi connectivity index (χ0v) is 11.8. The fraction of sp³-hybridized carbons (Fsp3) is 0.263. The van der Waals surface area contributed by atoms with Crippen LogP contribution in [0, 0.1) is 0 Å². The van der Waals surface area contributed by atoms with Gasteiger partial charge in [0.1, 0.15) is 0 Å². The minimum Gasteiger partial charge on any atom is -0.306 e. The van der Waals surface area contributed by atoms with Crippen molar-refractivity contribution in [3.05, 3.63) is 77.4 Å². The molecule has 0 fully saturated rings. The summed E-state index contributed by atoms with van der Waals surface area (Å²) in [6.45, 7) is 0.924. The van der Waals surface area contributed by atoms with Crippen LogP contribution in [-0.2, 0) is 6.42 Å². The Morgan fingerprint density at radius 3 is 2.70 bits per heavy atom. The summed E-state index contributed by atoms with van der Waals surface area (Å²) in [5, 5.41) is 3.66. The van der Waals surface area contributed by atoms with Gasteiger partial charge in [0.2, 0.25) is 0 Å². The first kappa shape index (κ1) is 13.1. The third kappa shape index (κ3) is 3.17. The molecule has 0 aliphatic heterocycles. The van der Waals surface area contributed by atoms with E-state index >= 15 is 0 Å². The second-order valence-corrected chi connectivity index (χ2v) is 5.36. The Bertz CT molecular complexity index is 571. The van der Waals surface area contributed by atoms with Crippen molar-refractivity contribution >= 4 is 6.08 Å². The summed E-state index contributed by atoms with van der Waals surface area (Å²) >= 11 is 0. The fourth-order valence-corrected chi connectivity index (χ4v) is 2.94. The van der Waals surface area contributed by atoms with Gasteiger partial charge < -0.3 is 5.32 Å². The molecule has 0 amide bonds. The second kappa shape index (κ2) is 6.53. The molecule has 1 nitrogen and oxygen atoms in total. The van der Waals surface area contributed by atoms with Crippen LogP contribution in [0.15, 0.2) is 60.7 Å². The third-order valence-corrected chi connectivity index (χ3v) is 3.96. The third-order valence-electron chi connectivity index (χ3n) is 3.96. The first-order valence-electron chi connectivity index (χ1n) is 7.46. The molecule has 0 radical (unpaired) electrons. The van der Waals surface area contributed by atoms with E-state index in [2.05, 4.69) is 72.1 Å². The summed E-state index contributed by atoms with van der Waals surface area (Å²) in [6.07, 6.45) is 8.16. The van der Waals surface area contributed by atoms with Gasteiger partial charge in [0.05, 0.1) is 0 Å². The molecule has 3 rings (SSSR count). The number of nitrogens with one attached hydrogen (secondary N) is 1. The average molecular weight is 263 g/mol. The first-order valence-corrected chi connectivity index (χ1v) is 7.46. The number of benzene rings is 2. The topological polar surface area (TPSA) is 12.0 Å². The smallest absolute Gasteiger partial charge is 0.0325 e. The number of rotatable bonds is 4. The average Bonchev–Trinajstić information content (AvgIpc) is 2.53. The van der Waals surface area contributed by atoms with Crippen molar-refractivity contribution in [2.24, 2.45) is 0 Å². The van der Waals surface area contributed by atoms with E-state index in [4.69, 9.17) is 0 Å². The minimum absolute atomic E-state index is 0.514. The molecular formula is C19H21N. The number of fused-ring (bicyclic) bond motifs is 1. The lowest BCUT2D eigenvalue weighted by Gasteiger charge is -2.26.